The van der Waals surface area contributed by atoms with E-state index in [-0.39, 0.29) is 5.91 Å². The largest absolute Gasteiger partial charge is 0.497 e. The molecule has 5 nitrogen and oxygen atoms in total. The Kier molecular flexibility index (Phi) is 6.48. The molecular formula is C25H24N2O3S. The number of nitrogens with one attached hydrogen (secondary N) is 2. The van der Waals surface area contributed by atoms with Crippen LogP contribution in [0.25, 0.3) is 22.2 Å². The maximum absolute atomic E-state index is 12.4. The molecule has 0 aliphatic rings. The number of H-pyrrole nitrogens is 1. The van der Waals surface area contributed by atoms with Gasteiger partial charge in [0.25, 0.3) is 5.91 Å². The van der Waals surface area contributed by atoms with Gasteiger partial charge in [-0.2, -0.15) is 0 Å². The maximum atomic E-state index is 12.4. The zero-order valence-corrected chi connectivity index (χ0v) is 18.3. The summed E-state index contributed by atoms with van der Waals surface area (Å²) in [6, 6.07) is 23.5. The lowest BCUT2D eigenvalue weighted by Crippen LogP contribution is -2.25. The number of carbonyl (C=O) groups is 1. The third-order valence-corrected chi connectivity index (χ3v) is 6.12. The molecule has 0 unspecified atom stereocenters. The van der Waals surface area contributed by atoms with Crippen molar-refractivity contribution < 1.29 is 14.3 Å². The van der Waals surface area contributed by atoms with Gasteiger partial charge in [-0.15, -0.1) is 11.8 Å². The van der Waals surface area contributed by atoms with E-state index in [1.165, 1.54) is 10.3 Å². The minimum Gasteiger partial charge on any atom is -0.497 e. The van der Waals surface area contributed by atoms with Gasteiger partial charge in [-0.05, 0) is 54.1 Å². The van der Waals surface area contributed by atoms with E-state index in [2.05, 4.69) is 34.6 Å². The van der Waals surface area contributed by atoms with Gasteiger partial charge in [-0.1, -0.05) is 24.3 Å². The molecule has 158 valence electrons. The molecule has 1 heterocycles. The molecule has 4 aromatic rings. The lowest BCUT2D eigenvalue weighted by Gasteiger charge is -2.08. The van der Waals surface area contributed by atoms with Gasteiger partial charge in [0.1, 0.15) is 11.5 Å². The zero-order valence-electron chi connectivity index (χ0n) is 17.5. The number of hydrogen-bond donors (Lipinski definition) is 2. The second-order valence-corrected chi connectivity index (χ2v) is 8.04. The van der Waals surface area contributed by atoms with Gasteiger partial charge in [0.05, 0.1) is 19.9 Å². The second kappa shape index (κ2) is 9.62. The summed E-state index contributed by atoms with van der Waals surface area (Å²) in [6.45, 7) is 0.558. The SMILES string of the molecule is COc1ccc(-c2[nH]c3ccccc3c2SCCNC(=O)c2cccc(OC)c2)cc1. The third kappa shape index (κ3) is 4.70. The number of benzene rings is 3. The van der Waals surface area contributed by atoms with Crippen LogP contribution in [0.15, 0.2) is 77.7 Å². The van der Waals surface area contributed by atoms with Gasteiger partial charge in [-0.25, -0.2) is 0 Å². The highest BCUT2D eigenvalue weighted by molar-refractivity contribution is 7.99. The van der Waals surface area contributed by atoms with Crippen molar-refractivity contribution >= 4 is 28.6 Å². The Balaban J connectivity index is 1.48. The third-order valence-electron chi connectivity index (χ3n) is 5.00. The van der Waals surface area contributed by atoms with Gasteiger partial charge in [0.15, 0.2) is 0 Å². The van der Waals surface area contributed by atoms with Crippen LogP contribution in [0.3, 0.4) is 0 Å². The lowest BCUT2D eigenvalue weighted by molar-refractivity contribution is 0.0956. The Morgan fingerprint density at radius 1 is 0.935 bits per heavy atom. The van der Waals surface area contributed by atoms with E-state index in [1.807, 2.05) is 36.4 Å². The summed E-state index contributed by atoms with van der Waals surface area (Å²) in [7, 11) is 3.26. The highest BCUT2D eigenvalue weighted by Gasteiger charge is 2.14. The standard InChI is InChI=1S/C25H24N2O3S/c1-29-19-12-10-17(11-13-19)23-24(21-8-3-4-9-22(21)27-23)31-15-14-26-25(28)18-6-5-7-20(16-18)30-2/h3-13,16,27H,14-15H2,1-2H3,(H,26,28). The highest BCUT2D eigenvalue weighted by Crippen LogP contribution is 2.38. The molecule has 2 N–H and O–H groups in total. The van der Waals surface area contributed by atoms with Crippen molar-refractivity contribution in [3.05, 3.63) is 78.4 Å². The van der Waals surface area contributed by atoms with Crippen molar-refractivity contribution in [2.45, 2.75) is 4.90 Å². The summed E-state index contributed by atoms with van der Waals surface area (Å²) in [5.74, 6) is 2.15. The molecule has 0 aliphatic heterocycles. The van der Waals surface area contributed by atoms with Crippen LogP contribution in [-0.2, 0) is 0 Å². The van der Waals surface area contributed by atoms with Gasteiger partial charge >= 0.3 is 0 Å². The average molecular weight is 433 g/mol. The fourth-order valence-electron chi connectivity index (χ4n) is 3.41. The molecule has 3 aromatic carbocycles. The Bertz CT molecular complexity index is 1190. The minimum atomic E-state index is -0.103. The zero-order chi connectivity index (χ0) is 21.6. The van der Waals surface area contributed by atoms with Crippen LogP contribution >= 0.6 is 11.8 Å². The number of para-hydroxylation sites is 1. The van der Waals surface area contributed by atoms with Crippen LogP contribution in [0.5, 0.6) is 11.5 Å². The molecule has 1 amide bonds. The first-order valence-electron chi connectivity index (χ1n) is 10.00. The van der Waals surface area contributed by atoms with Crippen LogP contribution in [0.4, 0.5) is 0 Å². The van der Waals surface area contributed by atoms with E-state index in [9.17, 15) is 4.79 Å². The molecule has 0 atom stereocenters. The Hall–Kier alpha value is -3.38. The average Bonchev–Trinajstić information content (AvgIpc) is 3.20. The van der Waals surface area contributed by atoms with Crippen molar-refractivity contribution in [3.63, 3.8) is 0 Å². The van der Waals surface area contributed by atoms with Crippen LogP contribution in [-0.4, -0.2) is 37.4 Å². The predicted octanol–water partition coefficient (Wildman–Crippen LogP) is 5.37. The van der Waals surface area contributed by atoms with Gasteiger partial charge in [0.2, 0.25) is 0 Å². The number of aromatic nitrogens is 1. The van der Waals surface area contributed by atoms with Crippen LogP contribution in [0.1, 0.15) is 10.4 Å². The molecule has 0 aliphatic carbocycles. The van der Waals surface area contributed by atoms with E-state index in [4.69, 9.17) is 9.47 Å². The van der Waals surface area contributed by atoms with Crippen molar-refractivity contribution in [3.8, 4) is 22.8 Å². The number of ether oxygens (including phenoxy) is 2. The van der Waals surface area contributed by atoms with Crippen molar-refractivity contribution in [1.29, 1.82) is 0 Å². The molecular weight excluding hydrogens is 408 g/mol. The molecule has 0 saturated heterocycles. The molecule has 0 spiro atoms. The van der Waals surface area contributed by atoms with E-state index in [0.29, 0.717) is 17.9 Å². The number of carbonyl (C=O) groups excluding carboxylic acids is 1. The van der Waals surface area contributed by atoms with E-state index >= 15 is 0 Å². The summed E-state index contributed by atoms with van der Waals surface area (Å²) < 4.78 is 10.5. The monoisotopic (exact) mass is 432 g/mol. The number of aromatic amines is 1. The van der Waals surface area contributed by atoms with Gasteiger partial charge < -0.3 is 19.8 Å². The first-order valence-corrected chi connectivity index (χ1v) is 11.0. The van der Waals surface area contributed by atoms with E-state index in [1.54, 1.807) is 38.1 Å². The lowest BCUT2D eigenvalue weighted by atomic mass is 10.1. The van der Waals surface area contributed by atoms with Crippen LogP contribution in [0, 0.1) is 0 Å². The Morgan fingerprint density at radius 2 is 1.71 bits per heavy atom. The number of methoxy groups -OCH3 is 2. The van der Waals surface area contributed by atoms with Crippen molar-refractivity contribution in [2.75, 3.05) is 26.5 Å². The van der Waals surface area contributed by atoms with Crippen molar-refractivity contribution in [1.82, 2.24) is 10.3 Å². The molecule has 0 saturated carbocycles. The Morgan fingerprint density at radius 3 is 2.48 bits per heavy atom. The highest BCUT2D eigenvalue weighted by atomic mass is 32.2. The van der Waals surface area contributed by atoms with Gasteiger partial charge in [-0.3, -0.25) is 4.79 Å². The summed E-state index contributed by atoms with van der Waals surface area (Å²) in [4.78, 5) is 17.2. The summed E-state index contributed by atoms with van der Waals surface area (Å²) in [5.41, 5.74) is 3.86. The van der Waals surface area contributed by atoms with Crippen molar-refractivity contribution in [2.24, 2.45) is 0 Å². The van der Waals surface area contributed by atoms with Crippen LogP contribution in [0.2, 0.25) is 0 Å². The van der Waals surface area contributed by atoms with E-state index in [0.717, 1.165) is 28.3 Å². The van der Waals surface area contributed by atoms with Gasteiger partial charge in [0, 0.05) is 33.7 Å². The Labute approximate surface area is 185 Å². The number of hydrogen-bond acceptors (Lipinski definition) is 4. The first-order chi connectivity index (χ1) is 15.2. The normalized spacial score (nSPS) is 10.8. The predicted molar refractivity (Wildman–Crippen MR) is 126 cm³/mol. The summed E-state index contributed by atoms with van der Waals surface area (Å²) in [5, 5.41) is 4.17. The molecule has 1 aromatic heterocycles. The number of fused-ring (bicyclic) bond motifs is 1. The second-order valence-electron chi connectivity index (χ2n) is 6.94. The quantitative estimate of drug-likeness (QED) is 0.290. The smallest absolute Gasteiger partial charge is 0.251 e. The first kappa shape index (κ1) is 20.9. The topological polar surface area (TPSA) is 63.3 Å². The summed E-state index contributed by atoms with van der Waals surface area (Å²) >= 11 is 1.73. The summed E-state index contributed by atoms with van der Waals surface area (Å²) in [6.07, 6.45) is 0. The molecule has 6 heteroatoms. The maximum Gasteiger partial charge on any atom is 0.251 e. The number of amides is 1. The van der Waals surface area contributed by atoms with E-state index < -0.39 is 0 Å². The van der Waals surface area contributed by atoms with Crippen LogP contribution < -0.4 is 14.8 Å². The molecule has 0 fully saturated rings. The molecule has 0 bridgehead atoms. The minimum absolute atomic E-state index is 0.103. The number of thioether (sulfide) groups is 1. The fraction of sp³-hybridized carbons (Fsp3) is 0.160. The molecule has 4 rings (SSSR count). The number of rotatable bonds is 8. The molecule has 31 heavy (non-hydrogen) atoms. The fourth-order valence-corrected chi connectivity index (χ4v) is 4.47. The molecule has 0 radical (unpaired) electrons.